The number of carbonyl (C=O) groups is 1. The lowest BCUT2D eigenvalue weighted by Crippen LogP contribution is -2.31. The van der Waals surface area contributed by atoms with Crippen molar-refractivity contribution in [2.24, 2.45) is 0 Å². The molecule has 0 saturated heterocycles. The number of methoxy groups -OCH3 is 2. The lowest BCUT2D eigenvalue weighted by atomic mass is 9.99. The minimum atomic E-state index is -4.44. The van der Waals surface area contributed by atoms with E-state index in [0.29, 0.717) is 51.1 Å². The number of halogens is 4. The molecule has 224 valence electrons. The fourth-order valence-corrected chi connectivity index (χ4v) is 5.81. The SMILES string of the molecule is COc1cc2c(cc1OC)CN(c1cc(Cl)nc(SCc3cccc(C(=O)NCc4cccc(C(F)(F)F)c4)c3)n1)CC2. The quantitative estimate of drug-likeness (QED) is 0.122. The van der Waals surface area contributed by atoms with Crippen molar-refractivity contribution in [3.05, 3.63) is 105 Å². The molecule has 12 heteroatoms. The third-order valence-corrected chi connectivity index (χ3v) is 8.08. The first-order valence-electron chi connectivity index (χ1n) is 13.3. The number of carbonyl (C=O) groups excluding carboxylic acids is 1. The van der Waals surface area contributed by atoms with Gasteiger partial charge in [0.2, 0.25) is 0 Å². The Morgan fingerprint density at radius 3 is 2.44 bits per heavy atom. The molecule has 5 rings (SSSR count). The third kappa shape index (κ3) is 7.52. The van der Waals surface area contributed by atoms with Gasteiger partial charge >= 0.3 is 6.18 Å². The van der Waals surface area contributed by atoms with E-state index in [1.807, 2.05) is 18.2 Å². The zero-order valence-corrected chi connectivity index (χ0v) is 24.9. The first-order chi connectivity index (χ1) is 20.6. The van der Waals surface area contributed by atoms with Gasteiger partial charge in [0, 0.05) is 37.0 Å². The summed E-state index contributed by atoms with van der Waals surface area (Å²) < 4.78 is 49.9. The Morgan fingerprint density at radius 2 is 1.70 bits per heavy atom. The average Bonchev–Trinajstić information content (AvgIpc) is 3.01. The summed E-state index contributed by atoms with van der Waals surface area (Å²) in [4.78, 5) is 24.0. The van der Waals surface area contributed by atoms with E-state index < -0.39 is 11.7 Å². The molecule has 0 atom stereocenters. The molecule has 4 aromatic rings. The molecule has 43 heavy (non-hydrogen) atoms. The highest BCUT2D eigenvalue weighted by Gasteiger charge is 2.30. The van der Waals surface area contributed by atoms with Gasteiger partial charge in [0.15, 0.2) is 16.7 Å². The molecular formula is C31H28ClF3N4O3S. The summed E-state index contributed by atoms with van der Waals surface area (Å²) in [6.07, 6.45) is -3.64. The van der Waals surface area contributed by atoms with Crippen molar-refractivity contribution in [2.75, 3.05) is 25.7 Å². The van der Waals surface area contributed by atoms with Crippen LogP contribution in [0.3, 0.4) is 0 Å². The first-order valence-corrected chi connectivity index (χ1v) is 14.7. The number of anilines is 1. The van der Waals surface area contributed by atoms with Crippen LogP contribution in [0.1, 0.15) is 38.2 Å². The number of ether oxygens (including phenoxy) is 2. The van der Waals surface area contributed by atoms with Gasteiger partial charge in [0.1, 0.15) is 11.0 Å². The van der Waals surface area contributed by atoms with E-state index in [2.05, 4.69) is 15.2 Å². The molecule has 0 spiro atoms. The number of thioether (sulfide) groups is 1. The van der Waals surface area contributed by atoms with Crippen molar-refractivity contribution in [2.45, 2.75) is 36.6 Å². The van der Waals surface area contributed by atoms with Crippen LogP contribution in [0.5, 0.6) is 11.5 Å². The van der Waals surface area contributed by atoms with Crippen LogP contribution in [0, 0.1) is 0 Å². The van der Waals surface area contributed by atoms with Crippen LogP contribution in [0.25, 0.3) is 0 Å². The maximum absolute atomic E-state index is 13.0. The summed E-state index contributed by atoms with van der Waals surface area (Å²) in [5, 5.41) is 3.52. The second-order valence-electron chi connectivity index (χ2n) is 9.85. The molecule has 1 aliphatic rings. The highest BCUT2D eigenvalue weighted by atomic mass is 35.5. The Balaban J connectivity index is 1.22. The molecule has 0 saturated carbocycles. The van der Waals surface area contributed by atoms with Crippen LogP contribution < -0.4 is 19.7 Å². The van der Waals surface area contributed by atoms with Crippen LogP contribution in [-0.2, 0) is 31.4 Å². The second kappa shape index (κ2) is 13.1. The number of hydrogen-bond donors (Lipinski definition) is 1. The maximum Gasteiger partial charge on any atom is 0.416 e. The standard InChI is InChI=1S/C31H28ClF3N4O3S/c1-41-25-13-21-9-10-39(17-23(21)14-26(25)42-2)28-15-27(32)37-30(38-28)43-18-20-6-3-7-22(11-20)29(40)36-16-19-5-4-8-24(12-19)31(33,34)35/h3-8,11-15H,9-10,16-18H2,1-2H3,(H,36,40). The Hall–Kier alpha value is -3.96. The first kappa shape index (κ1) is 30.5. The molecule has 0 radical (unpaired) electrons. The van der Waals surface area contributed by atoms with E-state index in [0.717, 1.165) is 36.2 Å². The van der Waals surface area contributed by atoms with Gasteiger partial charge in [0.25, 0.3) is 5.91 Å². The Bertz CT molecular complexity index is 1640. The van der Waals surface area contributed by atoms with Crippen molar-refractivity contribution in [1.29, 1.82) is 0 Å². The molecule has 1 N–H and O–H groups in total. The molecule has 7 nitrogen and oxygen atoms in total. The lowest BCUT2D eigenvalue weighted by Gasteiger charge is -2.30. The Morgan fingerprint density at radius 1 is 0.977 bits per heavy atom. The van der Waals surface area contributed by atoms with Crippen molar-refractivity contribution >= 4 is 35.1 Å². The van der Waals surface area contributed by atoms with Gasteiger partial charge in [-0.25, -0.2) is 9.97 Å². The van der Waals surface area contributed by atoms with Gasteiger partial charge in [-0.3, -0.25) is 4.79 Å². The van der Waals surface area contributed by atoms with E-state index in [4.69, 9.17) is 26.1 Å². The Kier molecular flexibility index (Phi) is 9.31. The van der Waals surface area contributed by atoms with E-state index >= 15 is 0 Å². The predicted octanol–water partition coefficient (Wildman–Crippen LogP) is 6.95. The monoisotopic (exact) mass is 628 g/mol. The third-order valence-electron chi connectivity index (χ3n) is 6.97. The fourth-order valence-electron chi connectivity index (χ4n) is 4.78. The smallest absolute Gasteiger partial charge is 0.416 e. The number of amides is 1. The molecule has 1 aliphatic heterocycles. The van der Waals surface area contributed by atoms with E-state index in [1.54, 1.807) is 44.6 Å². The molecule has 1 amide bonds. The van der Waals surface area contributed by atoms with Crippen LogP contribution in [0.4, 0.5) is 19.0 Å². The zero-order chi connectivity index (χ0) is 30.6. The van der Waals surface area contributed by atoms with Gasteiger partial charge < -0.3 is 19.7 Å². The summed E-state index contributed by atoms with van der Waals surface area (Å²) in [6.45, 7) is 1.35. The summed E-state index contributed by atoms with van der Waals surface area (Å²) in [5.74, 6) is 2.19. The minimum absolute atomic E-state index is 0.0256. The number of hydrogen-bond acceptors (Lipinski definition) is 7. The Labute approximate surface area is 256 Å². The molecule has 3 aromatic carbocycles. The molecule has 0 unspecified atom stereocenters. The van der Waals surface area contributed by atoms with Gasteiger partial charge in [-0.2, -0.15) is 13.2 Å². The topological polar surface area (TPSA) is 76.6 Å². The minimum Gasteiger partial charge on any atom is -0.493 e. The van der Waals surface area contributed by atoms with E-state index in [9.17, 15) is 18.0 Å². The molecule has 0 aliphatic carbocycles. The van der Waals surface area contributed by atoms with Gasteiger partial charge in [0.05, 0.1) is 19.8 Å². The number of alkyl halides is 3. The number of nitrogens with zero attached hydrogens (tertiary/aromatic N) is 3. The molecule has 1 aromatic heterocycles. The van der Waals surface area contributed by atoms with Crippen molar-refractivity contribution < 1.29 is 27.4 Å². The van der Waals surface area contributed by atoms with Crippen LogP contribution in [0.2, 0.25) is 5.15 Å². The average molecular weight is 629 g/mol. The maximum atomic E-state index is 13.0. The summed E-state index contributed by atoms with van der Waals surface area (Å²) >= 11 is 7.77. The summed E-state index contributed by atoms with van der Waals surface area (Å²) in [7, 11) is 3.23. The second-order valence-corrected chi connectivity index (χ2v) is 11.2. The molecule has 0 bridgehead atoms. The van der Waals surface area contributed by atoms with Crippen LogP contribution in [-0.4, -0.2) is 36.6 Å². The van der Waals surface area contributed by atoms with E-state index in [-0.39, 0.29) is 12.5 Å². The van der Waals surface area contributed by atoms with Gasteiger partial charge in [-0.15, -0.1) is 0 Å². The number of benzene rings is 3. The highest BCUT2D eigenvalue weighted by Crippen LogP contribution is 2.35. The molecular weight excluding hydrogens is 601 g/mol. The normalized spacial score (nSPS) is 12.9. The highest BCUT2D eigenvalue weighted by molar-refractivity contribution is 7.98. The van der Waals surface area contributed by atoms with Gasteiger partial charge in [-0.1, -0.05) is 47.6 Å². The van der Waals surface area contributed by atoms with Crippen LogP contribution in [0.15, 0.2) is 71.9 Å². The van der Waals surface area contributed by atoms with Crippen molar-refractivity contribution in [3.63, 3.8) is 0 Å². The van der Waals surface area contributed by atoms with Crippen molar-refractivity contribution in [3.8, 4) is 11.5 Å². The predicted molar refractivity (Wildman–Crippen MR) is 160 cm³/mol. The van der Waals surface area contributed by atoms with Crippen LogP contribution >= 0.6 is 23.4 Å². The molecule has 2 heterocycles. The number of aromatic nitrogens is 2. The molecule has 0 fully saturated rings. The van der Waals surface area contributed by atoms with E-state index in [1.165, 1.54) is 23.4 Å². The lowest BCUT2D eigenvalue weighted by molar-refractivity contribution is -0.137. The largest absolute Gasteiger partial charge is 0.493 e. The number of rotatable bonds is 9. The van der Waals surface area contributed by atoms with Gasteiger partial charge in [-0.05, 0) is 65.1 Å². The number of nitrogens with one attached hydrogen (secondary N) is 1. The number of fused-ring (bicyclic) bond motifs is 1. The fraction of sp³-hybridized carbons (Fsp3) is 0.258. The van der Waals surface area contributed by atoms with Crippen molar-refractivity contribution in [1.82, 2.24) is 15.3 Å². The summed E-state index contributed by atoms with van der Waals surface area (Å²) in [5.41, 5.74) is 3.18. The summed E-state index contributed by atoms with van der Waals surface area (Å²) in [6, 6.07) is 17.7. The zero-order valence-electron chi connectivity index (χ0n) is 23.4.